The molecule has 22 heavy (non-hydrogen) atoms. The summed E-state index contributed by atoms with van der Waals surface area (Å²) >= 11 is 6.11. The van der Waals surface area contributed by atoms with Gasteiger partial charge in [-0.3, -0.25) is 10.3 Å². The zero-order chi connectivity index (χ0) is 15.5. The van der Waals surface area contributed by atoms with Crippen molar-refractivity contribution in [2.45, 2.75) is 6.92 Å². The van der Waals surface area contributed by atoms with E-state index in [1.54, 1.807) is 24.4 Å². The van der Waals surface area contributed by atoms with Crippen molar-refractivity contribution >= 4 is 34.3 Å². The standard InChI is InChI=1S/C17H13ClN2O2/c1-11-4-6-12(7-5-11)20-17(21)22-15-9-8-14(18)13-3-2-10-19-16(13)15/h2-10H,1H3,(H,20,21). The number of fused-ring (bicyclic) bond motifs is 1. The quantitative estimate of drug-likeness (QED) is 0.739. The lowest BCUT2D eigenvalue weighted by molar-refractivity contribution is 0.215. The van der Waals surface area contributed by atoms with Gasteiger partial charge in [-0.25, -0.2) is 4.79 Å². The third-order valence-electron chi connectivity index (χ3n) is 3.18. The van der Waals surface area contributed by atoms with Crippen LogP contribution in [0.5, 0.6) is 5.75 Å². The number of carbonyl (C=O) groups excluding carboxylic acids is 1. The molecule has 0 bridgehead atoms. The number of halogens is 1. The van der Waals surface area contributed by atoms with Crippen LogP contribution in [0.3, 0.4) is 0 Å². The number of rotatable bonds is 2. The Morgan fingerprint density at radius 2 is 1.91 bits per heavy atom. The fourth-order valence-electron chi connectivity index (χ4n) is 2.07. The van der Waals surface area contributed by atoms with Crippen LogP contribution in [0.2, 0.25) is 5.02 Å². The van der Waals surface area contributed by atoms with Crippen molar-refractivity contribution in [2.75, 3.05) is 5.32 Å². The average Bonchev–Trinajstić information content (AvgIpc) is 2.53. The van der Waals surface area contributed by atoms with Crippen molar-refractivity contribution < 1.29 is 9.53 Å². The van der Waals surface area contributed by atoms with Crippen LogP contribution in [0.25, 0.3) is 10.9 Å². The molecule has 1 heterocycles. The van der Waals surface area contributed by atoms with Crippen molar-refractivity contribution in [1.29, 1.82) is 0 Å². The van der Waals surface area contributed by atoms with E-state index in [0.29, 0.717) is 22.0 Å². The summed E-state index contributed by atoms with van der Waals surface area (Å²) in [5, 5.41) is 3.98. The Morgan fingerprint density at radius 3 is 2.68 bits per heavy atom. The van der Waals surface area contributed by atoms with Gasteiger partial charge in [-0.05, 0) is 43.3 Å². The third-order valence-corrected chi connectivity index (χ3v) is 3.51. The molecule has 0 atom stereocenters. The second kappa shape index (κ2) is 6.03. The van der Waals surface area contributed by atoms with Gasteiger partial charge >= 0.3 is 6.09 Å². The van der Waals surface area contributed by atoms with Crippen LogP contribution < -0.4 is 10.1 Å². The average molecular weight is 313 g/mol. The van der Waals surface area contributed by atoms with Gasteiger partial charge in [0.2, 0.25) is 0 Å². The Kier molecular flexibility index (Phi) is 3.94. The second-order valence-electron chi connectivity index (χ2n) is 4.83. The van der Waals surface area contributed by atoms with Gasteiger partial charge < -0.3 is 4.74 Å². The van der Waals surface area contributed by atoms with Gasteiger partial charge in [-0.15, -0.1) is 0 Å². The first-order valence-corrected chi connectivity index (χ1v) is 7.10. The van der Waals surface area contributed by atoms with Gasteiger partial charge in [0.15, 0.2) is 5.75 Å². The maximum atomic E-state index is 12.0. The van der Waals surface area contributed by atoms with Crippen LogP contribution in [0.15, 0.2) is 54.7 Å². The molecular formula is C17H13ClN2O2. The van der Waals surface area contributed by atoms with Crippen LogP contribution >= 0.6 is 11.6 Å². The number of aryl methyl sites for hydroxylation is 1. The summed E-state index contributed by atoms with van der Waals surface area (Å²) in [7, 11) is 0. The monoisotopic (exact) mass is 312 g/mol. The normalized spacial score (nSPS) is 10.5. The largest absolute Gasteiger partial charge is 0.417 e. The summed E-state index contributed by atoms with van der Waals surface area (Å²) in [5.74, 6) is 0.365. The molecular weight excluding hydrogens is 300 g/mol. The smallest absolute Gasteiger partial charge is 0.408 e. The highest BCUT2D eigenvalue weighted by Gasteiger charge is 2.11. The second-order valence-corrected chi connectivity index (χ2v) is 5.23. The fourth-order valence-corrected chi connectivity index (χ4v) is 2.29. The maximum absolute atomic E-state index is 12.0. The summed E-state index contributed by atoms with van der Waals surface area (Å²) in [4.78, 5) is 16.2. The molecule has 4 nitrogen and oxygen atoms in total. The van der Waals surface area contributed by atoms with Gasteiger partial charge in [-0.1, -0.05) is 29.3 Å². The van der Waals surface area contributed by atoms with Crippen LogP contribution in [-0.2, 0) is 0 Å². The Bertz CT molecular complexity index is 832. The number of pyridine rings is 1. The molecule has 0 saturated heterocycles. The van der Waals surface area contributed by atoms with Crippen molar-refractivity contribution in [3.8, 4) is 5.75 Å². The van der Waals surface area contributed by atoms with Crippen LogP contribution in [0, 0.1) is 6.92 Å². The Labute approximate surface area is 132 Å². The molecule has 3 aromatic rings. The number of aromatic nitrogens is 1. The molecule has 0 aliphatic carbocycles. The van der Waals surface area contributed by atoms with Crippen molar-refractivity contribution in [3.05, 3.63) is 65.3 Å². The molecule has 0 fully saturated rings. The third kappa shape index (κ3) is 3.02. The number of anilines is 1. The van der Waals surface area contributed by atoms with Crippen LogP contribution in [-0.4, -0.2) is 11.1 Å². The molecule has 3 rings (SSSR count). The fraction of sp³-hybridized carbons (Fsp3) is 0.0588. The molecule has 2 aromatic carbocycles. The highest BCUT2D eigenvalue weighted by molar-refractivity contribution is 6.35. The van der Waals surface area contributed by atoms with E-state index in [9.17, 15) is 4.79 Å². The Hall–Kier alpha value is -2.59. The summed E-state index contributed by atoms with van der Waals surface area (Å²) in [6.45, 7) is 1.98. The topological polar surface area (TPSA) is 51.2 Å². The number of amides is 1. The minimum absolute atomic E-state index is 0.365. The number of hydrogen-bond donors (Lipinski definition) is 1. The first kappa shape index (κ1) is 14.4. The van der Waals surface area contributed by atoms with E-state index in [1.807, 2.05) is 37.3 Å². The minimum Gasteiger partial charge on any atom is -0.408 e. The highest BCUT2D eigenvalue weighted by atomic mass is 35.5. The molecule has 0 aliphatic heterocycles. The number of carbonyl (C=O) groups is 1. The number of nitrogens with one attached hydrogen (secondary N) is 1. The van der Waals surface area contributed by atoms with Gasteiger partial charge in [0.1, 0.15) is 5.52 Å². The number of benzene rings is 2. The maximum Gasteiger partial charge on any atom is 0.417 e. The lowest BCUT2D eigenvalue weighted by Gasteiger charge is -2.09. The molecule has 5 heteroatoms. The molecule has 0 saturated carbocycles. The van der Waals surface area contributed by atoms with Gasteiger partial charge in [0.05, 0.1) is 5.02 Å². The van der Waals surface area contributed by atoms with E-state index in [1.165, 1.54) is 0 Å². The summed E-state index contributed by atoms with van der Waals surface area (Å²) < 4.78 is 5.35. The van der Waals surface area contributed by atoms with Crippen LogP contribution in [0.1, 0.15) is 5.56 Å². The van der Waals surface area contributed by atoms with E-state index >= 15 is 0 Å². The molecule has 0 spiro atoms. The first-order valence-electron chi connectivity index (χ1n) is 6.72. The number of ether oxygens (including phenoxy) is 1. The Morgan fingerprint density at radius 1 is 1.14 bits per heavy atom. The van der Waals surface area contributed by atoms with E-state index in [-0.39, 0.29) is 0 Å². The molecule has 0 unspecified atom stereocenters. The van der Waals surface area contributed by atoms with Crippen LogP contribution in [0.4, 0.5) is 10.5 Å². The van der Waals surface area contributed by atoms with Crippen molar-refractivity contribution in [2.24, 2.45) is 0 Å². The lowest BCUT2D eigenvalue weighted by atomic mass is 10.2. The predicted octanol–water partition coefficient (Wildman–Crippen LogP) is 4.81. The summed E-state index contributed by atoms with van der Waals surface area (Å²) in [6, 6.07) is 14.4. The molecule has 1 aromatic heterocycles. The number of nitrogens with zero attached hydrogens (tertiary/aromatic N) is 1. The zero-order valence-electron chi connectivity index (χ0n) is 11.8. The van der Waals surface area contributed by atoms with Crippen molar-refractivity contribution in [3.63, 3.8) is 0 Å². The first-order chi connectivity index (χ1) is 10.6. The van der Waals surface area contributed by atoms with E-state index in [2.05, 4.69) is 10.3 Å². The van der Waals surface area contributed by atoms with Crippen molar-refractivity contribution in [1.82, 2.24) is 4.98 Å². The van der Waals surface area contributed by atoms with E-state index < -0.39 is 6.09 Å². The number of hydrogen-bond acceptors (Lipinski definition) is 3. The molecule has 110 valence electrons. The van der Waals surface area contributed by atoms with Gasteiger partial charge in [-0.2, -0.15) is 0 Å². The molecule has 1 amide bonds. The van der Waals surface area contributed by atoms with Gasteiger partial charge in [0, 0.05) is 17.3 Å². The highest BCUT2D eigenvalue weighted by Crippen LogP contribution is 2.29. The van der Waals surface area contributed by atoms with E-state index in [4.69, 9.17) is 16.3 Å². The SMILES string of the molecule is Cc1ccc(NC(=O)Oc2ccc(Cl)c3cccnc23)cc1. The summed E-state index contributed by atoms with van der Waals surface area (Å²) in [6.07, 6.45) is 1.06. The zero-order valence-corrected chi connectivity index (χ0v) is 12.6. The van der Waals surface area contributed by atoms with Gasteiger partial charge in [0.25, 0.3) is 0 Å². The van der Waals surface area contributed by atoms with E-state index in [0.717, 1.165) is 10.9 Å². The minimum atomic E-state index is -0.571. The lowest BCUT2D eigenvalue weighted by Crippen LogP contribution is -2.16. The molecule has 1 N–H and O–H groups in total. The summed E-state index contributed by atoms with van der Waals surface area (Å²) in [5.41, 5.74) is 2.34. The predicted molar refractivity (Wildman–Crippen MR) is 87.6 cm³/mol. The molecule has 0 aliphatic rings. The Balaban J connectivity index is 1.82. The molecule has 0 radical (unpaired) electrons.